The van der Waals surface area contributed by atoms with E-state index in [2.05, 4.69) is 10.0 Å². The lowest BCUT2D eigenvalue weighted by molar-refractivity contribution is 1.42. The maximum atomic E-state index is 8.12. The third-order valence-corrected chi connectivity index (χ3v) is 1.34. The van der Waals surface area contributed by atoms with E-state index in [0.717, 1.165) is 5.56 Å². The van der Waals surface area contributed by atoms with E-state index in [1.54, 1.807) is 12.1 Å². The molecule has 0 amide bonds. The van der Waals surface area contributed by atoms with Crippen LogP contribution in [0.1, 0.15) is 5.56 Å². The summed E-state index contributed by atoms with van der Waals surface area (Å²) in [7, 11) is 0. The molecule has 4 heteroatoms. The molecule has 2 N–H and O–H groups in total. The number of azide groups is 1. The van der Waals surface area contributed by atoms with E-state index < -0.39 is 0 Å². The Balaban J connectivity index is 3.19. The maximum Gasteiger partial charge on any atom is 0.0605 e. The topological polar surface area (TPSA) is 74.8 Å². The van der Waals surface area contributed by atoms with Crippen LogP contribution in [-0.2, 0) is 0 Å². The van der Waals surface area contributed by atoms with Gasteiger partial charge in [-0.15, -0.1) is 0 Å². The molecule has 0 saturated heterocycles. The predicted octanol–water partition coefficient (Wildman–Crippen LogP) is 2.52. The van der Waals surface area contributed by atoms with E-state index in [0.29, 0.717) is 11.4 Å². The van der Waals surface area contributed by atoms with E-state index >= 15 is 0 Å². The molecule has 0 saturated carbocycles. The summed E-state index contributed by atoms with van der Waals surface area (Å²) in [6.45, 7) is 1.93. The van der Waals surface area contributed by atoms with Gasteiger partial charge >= 0.3 is 0 Å². The van der Waals surface area contributed by atoms with Crippen molar-refractivity contribution in [3.05, 3.63) is 34.2 Å². The average Bonchev–Trinajstić information content (AvgIpc) is 1.95. The highest BCUT2D eigenvalue weighted by molar-refractivity contribution is 5.63. The van der Waals surface area contributed by atoms with Gasteiger partial charge in [-0.1, -0.05) is 17.2 Å². The Morgan fingerprint density at radius 2 is 2.27 bits per heavy atom. The van der Waals surface area contributed by atoms with Gasteiger partial charge in [0.25, 0.3) is 0 Å². The Morgan fingerprint density at radius 3 is 2.82 bits per heavy atom. The first-order valence-electron chi connectivity index (χ1n) is 3.15. The van der Waals surface area contributed by atoms with Crippen molar-refractivity contribution in [2.45, 2.75) is 6.92 Å². The van der Waals surface area contributed by atoms with Crippen LogP contribution in [-0.4, -0.2) is 0 Å². The van der Waals surface area contributed by atoms with Gasteiger partial charge in [0, 0.05) is 10.6 Å². The highest BCUT2D eigenvalue weighted by atomic mass is 15.1. The fourth-order valence-electron chi connectivity index (χ4n) is 0.813. The molecule has 56 valence electrons. The number of benzene rings is 1. The van der Waals surface area contributed by atoms with Crippen molar-refractivity contribution in [1.29, 1.82) is 0 Å². The van der Waals surface area contributed by atoms with Crippen molar-refractivity contribution in [3.8, 4) is 0 Å². The second-order valence-corrected chi connectivity index (χ2v) is 2.25. The number of nitrogens with two attached hydrogens (primary N) is 1. The molecule has 0 aliphatic carbocycles. The summed E-state index contributed by atoms with van der Waals surface area (Å²) < 4.78 is 0. The van der Waals surface area contributed by atoms with Gasteiger partial charge in [0.15, 0.2) is 0 Å². The first-order valence-corrected chi connectivity index (χ1v) is 3.15. The van der Waals surface area contributed by atoms with E-state index in [9.17, 15) is 0 Å². The second kappa shape index (κ2) is 2.94. The van der Waals surface area contributed by atoms with Crippen molar-refractivity contribution in [3.63, 3.8) is 0 Å². The quantitative estimate of drug-likeness (QED) is 0.282. The monoisotopic (exact) mass is 148 g/mol. The summed E-state index contributed by atoms with van der Waals surface area (Å²) in [5, 5.41) is 3.40. The van der Waals surface area contributed by atoms with E-state index in [1.807, 2.05) is 13.0 Å². The van der Waals surface area contributed by atoms with E-state index in [1.165, 1.54) is 0 Å². The molecule has 0 spiro atoms. The fourth-order valence-corrected chi connectivity index (χ4v) is 0.813. The third-order valence-electron chi connectivity index (χ3n) is 1.34. The van der Waals surface area contributed by atoms with Crippen LogP contribution in [0.2, 0.25) is 0 Å². The van der Waals surface area contributed by atoms with Crippen molar-refractivity contribution >= 4 is 11.4 Å². The Kier molecular flexibility index (Phi) is 1.99. The molecule has 0 bridgehead atoms. The SMILES string of the molecule is Cc1ccc(N=[N+]=[N-])c(N)c1. The van der Waals surface area contributed by atoms with Crippen LogP contribution >= 0.6 is 0 Å². The van der Waals surface area contributed by atoms with Crippen molar-refractivity contribution in [2.75, 3.05) is 5.73 Å². The number of hydrogen-bond acceptors (Lipinski definition) is 2. The van der Waals surface area contributed by atoms with E-state index in [4.69, 9.17) is 11.3 Å². The Bertz CT molecular complexity index is 312. The van der Waals surface area contributed by atoms with Crippen LogP contribution in [0.15, 0.2) is 23.3 Å². The molecule has 0 radical (unpaired) electrons. The van der Waals surface area contributed by atoms with Gasteiger partial charge in [-0.3, -0.25) is 0 Å². The largest absolute Gasteiger partial charge is 0.398 e. The Morgan fingerprint density at radius 1 is 1.55 bits per heavy atom. The summed E-state index contributed by atoms with van der Waals surface area (Å²) in [5.41, 5.74) is 15.7. The summed E-state index contributed by atoms with van der Waals surface area (Å²) in [6, 6.07) is 5.31. The van der Waals surface area contributed by atoms with Crippen LogP contribution in [0.5, 0.6) is 0 Å². The summed E-state index contributed by atoms with van der Waals surface area (Å²) in [4.78, 5) is 2.64. The molecule has 0 fully saturated rings. The number of hydrogen-bond donors (Lipinski definition) is 1. The van der Waals surface area contributed by atoms with Crippen LogP contribution in [0, 0.1) is 6.92 Å². The molecule has 0 heterocycles. The fraction of sp³-hybridized carbons (Fsp3) is 0.143. The standard InChI is InChI=1S/C7H8N4/c1-5-2-3-7(10-11-9)6(8)4-5/h2-4H,8H2,1H3. The van der Waals surface area contributed by atoms with Gasteiger partial charge in [0.1, 0.15) is 0 Å². The lowest BCUT2D eigenvalue weighted by Gasteiger charge is -1.98. The van der Waals surface area contributed by atoms with Crippen molar-refractivity contribution < 1.29 is 0 Å². The normalized spacial score (nSPS) is 8.82. The molecular formula is C7H8N4. The molecule has 0 aliphatic heterocycles. The number of nitrogen functional groups attached to an aromatic ring is 1. The van der Waals surface area contributed by atoms with Gasteiger partial charge in [-0.2, -0.15) is 0 Å². The van der Waals surface area contributed by atoms with Gasteiger partial charge in [0.05, 0.1) is 5.69 Å². The van der Waals surface area contributed by atoms with Gasteiger partial charge in [-0.05, 0) is 24.1 Å². The second-order valence-electron chi connectivity index (χ2n) is 2.25. The minimum absolute atomic E-state index is 0.484. The zero-order valence-corrected chi connectivity index (χ0v) is 6.15. The minimum atomic E-state index is 0.484. The van der Waals surface area contributed by atoms with Gasteiger partial charge < -0.3 is 5.73 Å². The molecule has 0 aromatic heterocycles. The first kappa shape index (κ1) is 7.44. The van der Waals surface area contributed by atoms with Crippen LogP contribution in [0.25, 0.3) is 10.4 Å². The summed E-state index contributed by atoms with van der Waals surface area (Å²) in [6.07, 6.45) is 0. The average molecular weight is 148 g/mol. The number of anilines is 1. The molecule has 0 unspecified atom stereocenters. The summed E-state index contributed by atoms with van der Waals surface area (Å²) in [5.74, 6) is 0. The first-order chi connectivity index (χ1) is 5.24. The molecule has 1 rings (SSSR count). The molecular weight excluding hydrogens is 140 g/mol. The maximum absolute atomic E-state index is 8.12. The molecule has 1 aromatic carbocycles. The zero-order valence-electron chi connectivity index (χ0n) is 6.15. The minimum Gasteiger partial charge on any atom is -0.398 e. The lowest BCUT2D eigenvalue weighted by atomic mass is 10.2. The number of aryl methyl sites for hydroxylation is 1. The van der Waals surface area contributed by atoms with E-state index in [-0.39, 0.29) is 0 Å². The molecule has 1 aromatic rings. The Hall–Kier alpha value is -1.67. The lowest BCUT2D eigenvalue weighted by Crippen LogP contribution is -1.85. The molecule has 4 nitrogen and oxygen atoms in total. The van der Waals surface area contributed by atoms with Crippen molar-refractivity contribution in [1.82, 2.24) is 0 Å². The highest BCUT2D eigenvalue weighted by Gasteiger charge is 1.93. The summed E-state index contributed by atoms with van der Waals surface area (Å²) >= 11 is 0. The number of rotatable bonds is 1. The number of nitrogens with zero attached hydrogens (tertiary/aromatic N) is 3. The third kappa shape index (κ3) is 1.63. The molecule has 11 heavy (non-hydrogen) atoms. The smallest absolute Gasteiger partial charge is 0.0605 e. The van der Waals surface area contributed by atoms with Crippen molar-refractivity contribution in [2.24, 2.45) is 5.11 Å². The van der Waals surface area contributed by atoms with Gasteiger partial charge in [-0.25, -0.2) is 0 Å². The van der Waals surface area contributed by atoms with Crippen LogP contribution in [0.4, 0.5) is 11.4 Å². The predicted molar refractivity (Wildman–Crippen MR) is 44.4 cm³/mol. The highest BCUT2D eigenvalue weighted by Crippen LogP contribution is 2.22. The Labute approximate surface area is 64.3 Å². The zero-order chi connectivity index (χ0) is 8.27. The molecule has 0 aliphatic rings. The van der Waals surface area contributed by atoms with Crippen LogP contribution in [0.3, 0.4) is 0 Å². The van der Waals surface area contributed by atoms with Crippen LogP contribution < -0.4 is 5.73 Å². The molecule has 0 atom stereocenters. The van der Waals surface area contributed by atoms with Gasteiger partial charge in [0.2, 0.25) is 0 Å².